The van der Waals surface area contributed by atoms with Crippen molar-refractivity contribution in [3.05, 3.63) is 47.5 Å². The molecule has 7 nitrogen and oxygen atoms in total. The number of hydrogen-bond donors (Lipinski definition) is 1. The van der Waals surface area contributed by atoms with Gasteiger partial charge in [0, 0.05) is 24.6 Å². The first-order valence-corrected chi connectivity index (χ1v) is 7.48. The van der Waals surface area contributed by atoms with Crippen LogP contribution in [0.5, 0.6) is 0 Å². The Morgan fingerprint density at radius 1 is 1.42 bits per heavy atom. The Morgan fingerprint density at radius 3 is 3.00 bits per heavy atom. The van der Waals surface area contributed by atoms with Crippen LogP contribution in [0.1, 0.15) is 29.1 Å². The summed E-state index contributed by atoms with van der Waals surface area (Å²) in [6, 6.07) is 5.97. The van der Waals surface area contributed by atoms with Crippen LogP contribution in [0.3, 0.4) is 0 Å². The molecular formula is C16H17FN4O3. The van der Waals surface area contributed by atoms with Crippen molar-refractivity contribution in [1.29, 1.82) is 0 Å². The standard InChI is InChI=1S/C16H17FN4O3/c1-3-21(8-15-19-14(9-23-2)20-24-15)16(22)13-7-10-6-11(17)4-5-12(10)18-13/h4-7,18H,3,8-9H2,1-2H3. The van der Waals surface area contributed by atoms with Crippen LogP contribution in [-0.2, 0) is 17.9 Å². The molecule has 0 atom stereocenters. The Morgan fingerprint density at radius 2 is 2.25 bits per heavy atom. The Labute approximate surface area is 137 Å². The molecule has 0 radical (unpaired) electrons. The van der Waals surface area contributed by atoms with Crippen molar-refractivity contribution >= 4 is 16.8 Å². The summed E-state index contributed by atoms with van der Waals surface area (Å²) in [5.74, 6) is 0.196. The number of nitrogens with zero attached hydrogens (tertiary/aromatic N) is 3. The van der Waals surface area contributed by atoms with Crippen LogP contribution in [0.15, 0.2) is 28.8 Å². The molecule has 0 aliphatic heterocycles. The molecule has 0 aliphatic carbocycles. The minimum atomic E-state index is -0.343. The Kier molecular flexibility index (Phi) is 4.57. The minimum Gasteiger partial charge on any atom is -0.377 e. The lowest BCUT2D eigenvalue weighted by atomic mass is 10.2. The van der Waals surface area contributed by atoms with Gasteiger partial charge in [0.1, 0.15) is 24.7 Å². The smallest absolute Gasteiger partial charge is 0.270 e. The van der Waals surface area contributed by atoms with Crippen LogP contribution < -0.4 is 0 Å². The van der Waals surface area contributed by atoms with Gasteiger partial charge in [0.05, 0.1) is 0 Å². The summed E-state index contributed by atoms with van der Waals surface area (Å²) in [5, 5.41) is 4.42. The Bertz CT molecular complexity index is 858. The molecule has 0 fully saturated rings. The number of carbonyl (C=O) groups is 1. The topological polar surface area (TPSA) is 84.2 Å². The van der Waals surface area contributed by atoms with E-state index in [2.05, 4.69) is 15.1 Å². The SMILES string of the molecule is CCN(Cc1nc(COC)no1)C(=O)c1cc2cc(F)ccc2[nH]1. The number of H-pyrrole nitrogens is 1. The fourth-order valence-corrected chi connectivity index (χ4v) is 2.42. The lowest BCUT2D eigenvalue weighted by molar-refractivity contribution is 0.0729. The molecule has 126 valence electrons. The monoisotopic (exact) mass is 332 g/mol. The Hall–Kier alpha value is -2.74. The van der Waals surface area contributed by atoms with Crippen molar-refractivity contribution in [2.75, 3.05) is 13.7 Å². The van der Waals surface area contributed by atoms with Crippen LogP contribution in [0.2, 0.25) is 0 Å². The number of nitrogens with one attached hydrogen (secondary N) is 1. The average Bonchev–Trinajstić information content (AvgIpc) is 3.18. The highest BCUT2D eigenvalue weighted by Gasteiger charge is 2.19. The summed E-state index contributed by atoms with van der Waals surface area (Å²) < 4.78 is 23.3. The van der Waals surface area contributed by atoms with E-state index in [4.69, 9.17) is 9.26 Å². The molecule has 0 unspecified atom stereocenters. The molecule has 0 saturated heterocycles. The number of benzene rings is 1. The molecule has 2 heterocycles. The first-order chi connectivity index (χ1) is 11.6. The maximum atomic E-state index is 13.3. The van der Waals surface area contributed by atoms with Crippen molar-refractivity contribution < 1.29 is 18.4 Å². The van der Waals surface area contributed by atoms with Crippen LogP contribution in [0.25, 0.3) is 10.9 Å². The van der Waals surface area contributed by atoms with Crippen molar-refractivity contribution in [2.24, 2.45) is 0 Å². The van der Waals surface area contributed by atoms with Crippen molar-refractivity contribution in [3.8, 4) is 0 Å². The summed E-state index contributed by atoms with van der Waals surface area (Å²) in [4.78, 5) is 21.4. The molecule has 0 saturated carbocycles. The fraction of sp³-hybridized carbons (Fsp3) is 0.312. The van der Waals surface area contributed by atoms with Gasteiger partial charge in [0.15, 0.2) is 5.82 Å². The van der Waals surface area contributed by atoms with Gasteiger partial charge in [-0.1, -0.05) is 5.16 Å². The number of amides is 1. The molecule has 0 aliphatic rings. The van der Waals surface area contributed by atoms with Crippen LogP contribution in [-0.4, -0.2) is 39.6 Å². The molecular weight excluding hydrogens is 315 g/mol. The van der Waals surface area contributed by atoms with Gasteiger partial charge in [-0.2, -0.15) is 4.98 Å². The third-order valence-electron chi connectivity index (χ3n) is 3.59. The van der Waals surface area contributed by atoms with Gasteiger partial charge < -0.3 is 19.1 Å². The summed E-state index contributed by atoms with van der Waals surface area (Å²) in [5.41, 5.74) is 1.09. The van der Waals surface area contributed by atoms with E-state index in [1.54, 1.807) is 17.0 Å². The zero-order valence-corrected chi connectivity index (χ0v) is 13.4. The van der Waals surface area contributed by atoms with E-state index in [0.29, 0.717) is 34.9 Å². The molecule has 1 aromatic carbocycles. The highest BCUT2D eigenvalue weighted by atomic mass is 19.1. The van der Waals surface area contributed by atoms with Gasteiger partial charge in [-0.05, 0) is 31.2 Å². The molecule has 8 heteroatoms. The van der Waals surface area contributed by atoms with E-state index in [9.17, 15) is 9.18 Å². The molecule has 1 N–H and O–H groups in total. The first-order valence-electron chi connectivity index (χ1n) is 7.48. The summed E-state index contributed by atoms with van der Waals surface area (Å²) >= 11 is 0. The second-order valence-corrected chi connectivity index (χ2v) is 5.27. The van der Waals surface area contributed by atoms with E-state index in [-0.39, 0.29) is 24.9 Å². The fourth-order valence-electron chi connectivity index (χ4n) is 2.42. The van der Waals surface area contributed by atoms with Crippen LogP contribution in [0.4, 0.5) is 4.39 Å². The lowest BCUT2D eigenvalue weighted by Crippen LogP contribution is -2.30. The zero-order chi connectivity index (χ0) is 17.1. The number of carbonyl (C=O) groups excluding carboxylic acids is 1. The third kappa shape index (κ3) is 3.28. The van der Waals surface area contributed by atoms with Crippen LogP contribution in [0, 0.1) is 5.82 Å². The van der Waals surface area contributed by atoms with E-state index in [0.717, 1.165) is 0 Å². The van der Waals surface area contributed by atoms with E-state index in [1.807, 2.05) is 6.92 Å². The minimum absolute atomic E-state index is 0.190. The highest BCUT2D eigenvalue weighted by Crippen LogP contribution is 2.18. The van der Waals surface area contributed by atoms with Gasteiger partial charge in [-0.25, -0.2) is 4.39 Å². The van der Waals surface area contributed by atoms with Gasteiger partial charge in [0.25, 0.3) is 5.91 Å². The number of fused-ring (bicyclic) bond motifs is 1. The molecule has 24 heavy (non-hydrogen) atoms. The number of ether oxygens (including phenoxy) is 1. The second kappa shape index (κ2) is 6.79. The molecule has 3 aromatic rings. The summed E-state index contributed by atoms with van der Waals surface area (Å²) in [6.45, 7) is 2.75. The average molecular weight is 332 g/mol. The van der Waals surface area contributed by atoms with Gasteiger partial charge >= 0.3 is 0 Å². The number of hydrogen-bond acceptors (Lipinski definition) is 5. The van der Waals surface area contributed by atoms with Gasteiger partial charge in [-0.15, -0.1) is 0 Å². The van der Waals surface area contributed by atoms with E-state index < -0.39 is 0 Å². The molecule has 3 rings (SSSR count). The zero-order valence-electron chi connectivity index (χ0n) is 13.4. The highest BCUT2D eigenvalue weighted by molar-refractivity contribution is 5.98. The molecule has 0 bridgehead atoms. The van der Waals surface area contributed by atoms with Gasteiger partial charge in [0.2, 0.25) is 5.89 Å². The lowest BCUT2D eigenvalue weighted by Gasteiger charge is -2.17. The Balaban J connectivity index is 1.79. The number of halogens is 1. The van der Waals surface area contributed by atoms with Crippen molar-refractivity contribution in [2.45, 2.75) is 20.1 Å². The second-order valence-electron chi connectivity index (χ2n) is 5.27. The number of aromatic nitrogens is 3. The van der Waals surface area contributed by atoms with Crippen molar-refractivity contribution in [3.63, 3.8) is 0 Å². The van der Waals surface area contributed by atoms with E-state index in [1.165, 1.54) is 19.2 Å². The predicted molar refractivity (Wildman–Crippen MR) is 83.7 cm³/mol. The normalized spacial score (nSPS) is 11.1. The maximum absolute atomic E-state index is 13.3. The quantitative estimate of drug-likeness (QED) is 0.750. The summed E-state index contributed by atoms with van der Waals surface area (Å²) in [6.07, 6.45) is 0. The largest absolute Gasteiger partial charge is 0.377 e. The number of rotatable bonds is 6. The third-order valence-corrected chi connectivity index (χ3v) is 3.59. The van der Waals surface area contributed by atoms with Gasteiger partial charge in [-0.3, -0.25) is 4.79 Å². The predicted octanol–water partition coefficient (Wildman–Crippen LogP) is 2.50. The van der Waals surface area contributed by atoms with E-state index >= 15 is 0 Å². The van der Waals surface area contributed by atoms with Crippen molar-refractivity contribution in [1.82, 2.24) is 20.0 Å². The molecule has 2 aromatic heterocycles. The molecule has 1 amide bonds. The first kappa shape index (κ1) is 16.1. The summed E-state index contributed by atoms with van der Waals surface area (Å²) in [7, 11) is 1.54. The van der Waals surface area contributed by atoms with Crippen LogP contribution >= 0.6 is 0 Å². The number of methoxy groups -OCH3 is 1. The maximum Gasteiger partial charge on any atom is 0.270 e. The number of aromatic amines is 1. The molecule has 0 spiro atoms.